The highest BCUT2D eigenvalue weighted by Crippen LogP contribution is 2.20. The molecule has 1 aliphatic rings. The maximum absolute atomic E-state index is 11.8. The van der Waals surface area contributed by atoms with Gasteiger partial charge in [-0.2, -0.15) is 0 Å². The molecule has 20 heavy (non-hydrogen) atoms. The summed E-state index contributed by atoms with van der Waals surface area (Å²) in [6.45, 7) is 1.50. The zero-order valence-electron chi connectivity index (χ0n) is 11.6. The molecule has 0 aromatic heterocycles. The molecule has 4 N–H and O–H groups in total. The van der Waals surface area contributed by atoms with Crippen molar-refractivity contribution in [2.45, 2.75) is 63.6 Å². The first kappa shape index (κ1) is 16.4. The number of carbonyl (C=O) groups is 3. The number of aliphatic carboxylic acids is 1. The van der Waals surface area contributed by atoms with Gasteiger partial charge < -0.3 is 20.9 Å². The summed E-state index contributed by atoms with van der Waals surface area (Å²) in [4.78, 5) is 33.8. The number of esters is 1. The van der Waals surface area contributed by atoms with Crippen molar-refractivity contribution in [2.24, 2.45) is 5.73 Å². The molecule has 0 unspecified atom stereocenters. The van der Waals surface area contributed by atoms with Crippen LogP contribution in [0.3, 0.4) is 0 Å². The summed E-state index contributed by atoms with van der Waals surface area (Å²) in [6, 6.07) is -2.00. The minimum Gasteiger partial charge on any atom is -0.481 e. The van der Waals surface area contributed by atoms with Gasteiger partial charge in [0.15, 0.2) is 0 Å². The molecule has 0 radical (unpaired) electrons. The summed E-state index contributed by atoms with van der Waals surface area (Å²) in [5.74, 6) is -2.33. The van der Waals surface area contributed by atoms with Crippen molar-refractivity contribution < 1.29 is 24.2 Å². The van der Waals surface area contributed by atoms with Gasteiger partial charge in [-0.25, -0.2) is 4.79 Å². The van der Waals surface area contributed by atoms with Crippen LogP contribution in [0.15, 0.2) is 0 Å². The highest BCUT2D eigenvalue weighted by molar-refractivity contribution is 5.89. The third-order valence-corrected chi connectivity index (χ3v) is 3.28. The fraction of sp³-hybridized carbons (Fsp3) is 0.769. The Morgan fingerprint density at radius 2 is 1.90 bits per heavy atom. The average Bonchev–Trinajstić information content (AvgIpc) is 2.38. The summed E-state index contributed by atoms with van der Waals surface area (Å²) in [6.07, 6.45) is 4.39. The first-order valence-electron chi connectivity index (χ1n) is 6.88. The second kappa shape index (κ2) is 7.84. The Morgan fingerprint density at radius 1 is 1.30 bits per heavy atom. The minimum atomic E-state index is -1.17. The van der Waals surface area contributed by atoms with E-state index in [9.17, 15) is 14.4 Å². The lowest BCUT2D eigenvalue weighted by Gasteiger charge is -2.24. The van der Waals surface area contributed by atoms with Crippen molar-refractivity contribution in [1.82, 2.24) is 5.32 Å². The molecule has 0 aromatic carbocycles. The van der Waals surface area contributed by atoms with Gasteiger partial charge in [0, 0.05) is 0 Å². The van der Waals surface area contributed by atoms with Crippen molar-refractivity contribution in [2.75, 3.05) is 0 Å². The normalized spacial score (nSPS) is 18.9. The third-order valence-electron chi connectivity index (χ3n) is 3.28. The zero-order valence-corrected chi connectivity index (χ0v) is 11.6. The number of ether oxygens (including phenoxy) is 1. The SMILES string of the molecule is C[C@H](NC(=O)[C@@H](N)CC(=O)O)C(=O)OC1CCCCC1. The second-order valence-corrected chi connectivity index (χ2v) is 5.13. The standard InChI is InChI=1S/C13H22N2O5/c1-8(15-12(18)10(14)7-11(16)17)13(19)20-9-5-3-2-4-6-9/h8-10H,2-7,14H2,1H3,(H,15,18)(H,16,17)/t8-,10-/m0/s1. The lowest BCUT2D eigenvalue weighted by molar-refractivity contribution is -0.154. The number of hydrogen-bond acceptors (Lipinski definition) is 5. The van der Waals surface area contributed by atoms with Gasteiger partial charge in [-0.15, -0.1) is 0 Å². The van der Waals surface area contributed by atoms with Crippen LogP contribution in [0.4, 0.5) is 0 Å². The van der Waals surface area contributed by atoms with E-state index in [1.165, 1.54) is 6.92 Å². The van der Waals surface area contributed by atoms with E-state index in [0.717, 1.165) is 32.1 Å². The minimum absolute atomic E-state index is 0.0803. The Labute approximate surface area is 117 Å². The molecule has 1 rings (SSSR count). The van der Waals surface area contributed by atoms with E-state index in [1.807, 2.05) is 0 Å². The quantitative estimate of drug-likeness (QED) is 0.599. The molecule has 1 aliphatic carbocycles. The summed E-state index contributed by atoms with van der Waals surface area (Å²) in [5.41, 5.74) is 5.41. The molecule has 1 saturated carbocycles. The van der Waals surface area contributed by atoms with Crippen molar-refractivity contribution in [3.8, 4) is 0 Å². The smallest absolute Gasteiger partial charge is 0.328 e. The maximum atomic E-state index is 11.8. The Bertz CT molecular complexity index is 366. The molecular weight excluding hydrogens is 264 g/mol. The van der Waals surface area contributed by atoms with E-state index in [4.69, 9.17) is 15.6 Å². The summed E-state index contributed by atoms with van der Waals surface area (Å²) in [5, 5.41) is 10.9. The van der Waals surface area contributed by atoms with Crippen LogP contribution >= 0.6 is 0 Å². The molecule has 7 nitrogen and oxygen atoms in total. The molecule has 0 aromatic rings. The van der Waals surface area contributed by atoms with Crippen LogP contribution in [0.2, 0.25) is 0 Å². The Morgan fingerprint density at radius 3 is 2.45 bits per heavy atom. The number of carboxylic acids is 1. The van der Waals surface area contributed by atoms with Crippen LogP contribution in [0.5, 0.6) is 0 Å². The summed E-state index contributed by atoms with van der Waals surface area (Å²) >= 11 is 0. The van der Waals surface area contributed by atoms with Gasteiger partial charge in [-0.05, 0) is 32.6 Å². The molecule has 0 saturated heterocycles. The lowest BCUT2D eigenvalue weighted by atomic mass is 9.98. The number of amides is 1. The second-order valence-electron chi connectivity index (χ2n) is 5.13. The van der Waals surface area contributed by atoms with E-state index in [1.54, 1.807) is 0 Å². The number of nitrogens with two attached hydrogens (primary N) is 1. The van der Waals surface area contributed by atoms with E-state index >= 15 is 0 Å². The van der Waals surface area contributed by atoms with Crippen LogP contribution in [-0.2, 0) is 19.1 Å². The molecule has 0 aliphatic heterocycles. The predicted molar refractivity (Wildman–Crippen MR) is 70.8 cm³/mol. The van der Waals surface area contributed by atoms with Gasteiger partial charge in [0.25, 0.3) is 0 Å². The van der Waals surface area contributed by atoms with Crippen LogP contribution in [0, 0.1) is 0 Å². The van der Waals surface area contributed by atoms with E-state index < -0.39 is 36.4 Å². The maximum Gasteiger partial charge on any atom is 0.328 e. The van der Waals surface area contributed by atoms with E-state index in [-0.39, 0.29) is 6.10 Å². The Hall–Kier alpha value is -1.63. The van der Waals surface area contributed by atoms with Crippen LogP contribution < -0.4 is 11.1 Å². The van der Waals surface area contributed by atoms with Crippen molar-refractivity contribution in [1.29, 1.82) is 0 Å². The monoisotopic (exact) mass is 286 g/mol. The van der Waals surface area contributed by atoms with Crippen molar-refractivity contribution in [3.63, 3.8) is 0 Å². The molecule has 0 spiro atoms. The lowest BCUT2D eigenvalue weighted by Crippen LogP contribution is -2.48. The third kappa shape index (κ3) is 5.56. The van der Waals surface area contributed by atoms with Gasteiger partial charge in [-0.3, -0.25) is 9.59 Å². The van der Waals surface area contributed by atoms with Crippen molar-refractivity contribution >= 4 is 17.8 Å². The topological polar surface area (TPSA) is 119 Å². The predicted octanol–water partition coefficient (Wildman–Crippen LogP) is 0.169. The summed E-state index contributed by atoms with van der Waals surface area (Å²) in [7, 11) is 0. The molecule has 114 valence electrons. The van der Waals surface area contributed by atoms with Gasteiger partial charge in [0.05, 0.1) is 12.5 Å². The first-order chi connectivity index (χ1) is 9.40. The number of carboxylic acid groups (broad SMARTS) is 1. The molecule has 1 amide bonds. The highest BCUT2D eigenvalue weighted by atomic mass is 16.5. The van der Waals surface area contributed by atoms with Gasteiger partial charge in [0.1, 0.15) is 12.1 Å². The Kier molecular flexibility index (Phi) is 6.44. The fourth-order valence-corrected chi connectivity index (χ4v) is 2.11. The number of carbonyl (C=O) groups excluding carboxylic acids is 2. The summed E-state index contributed by atoms with van der Waals surface area (Å²) < 4.78 is 5.30. The largest absolute Gasteiger partial charge is 0.481 e. The first-order valence-corrected chi connectivity index (χ1v) is 6.88. The van der Waals surface area contributed by atoms with Crippen molar-refractivity contribution in [3.05, 3.63) is 0 Å². The zero-order chi connectivity index (χ0) is 15.1. The van der Waals surface area contributed by atoms with E-state index in [0.29, 0.717) is 0 Å². The van der Waals surface area contributed by atoms with Gasteiger partial charge >= 0.3 is 11.9 Å². The van der Waals surface area contributed by atoms with Crippen LogP contribution in [0.25, 0.3) is 0 Å². The number of hydrogen-bond donors (Lipinski definition) is 3. The molecule has 2 atom stereocenters. The highest BCUT2D eigenvalue weighted by Gasteiger charge is 2.25. The number of nitrogens with one attached hydrogen (secondary N) is 1. The molecule has 0 heterocycles. The Balaban J connectivity index is 2.36. The molecular formula is C13H22N2O5. The van der Waals surface area contributed by atoms with Gasteiger partial charge in [-0.1, -0.05) is 6.42 Å². The van der Waals surface area contributed by atoms with Crippen LogP contribution in [0.1, 0.15) is 45.4 Å². The number of rotatable bonds is 6. The fourth-order valence-electron chi connectivity index (χ4n) is 2.11. The van der Waals surface area contributed by atoms with E-state index in [2.05, 4.69) is 5.32 Å². The average molecular weight is 286 g/mol. The van der Waals surface area contributed by atoms with Crippen LogP contribution in [-0.4, -0.2) is 41.1 Å². The molecule has 0 bridgehead atoms. The molecule has 7 heteroatoms. The molecule has 1 fully saturated rings. The van der Waals surface area contributed by atoms with Gasteiger partial charge in [0.2, 0.25) is 5.91 Å².